The van der Waals surface area contributed by atoms with E-state index < -0.39 is 0 Å². The number of nitrogens with one attached hydrogen (secondary N) is 1. The Morgan fingerprint density at radius 3 is 2.83 bits per heavy atom. The molecule has 0 aliphatic heterocycles. The van der Waals surface area contributed by atoms with Gasteiger partial charge < -0.3 is 10.1 Å². The lowest BCUT2D eigenvalue weighted by Gasteiger charge is -2.05. The first-order chi connectivity index (χ1) is 8.63. The van der Waals surface area contributed by atoms with E-state index in [2.05, 4.69) is 10.3 Å². The van der Waals surface area contributed by atoms with Crippen LogP contribution in [0.1, 0.15) is 35.9 Å². The van der Waals surface area contributed by atoms with E-state index in [4.69, 9.17) is 4.74 Å². The van der Waals surface area contributed by atoms with Crippen LogP contribution in [-0.2, 0) is 9.53 Å². The van der Waals surface area contributed by atoms with E-state index in [1.807, 2.05) is 13.0 Å². The minimum absolute atomic E-state index is 0.220. The lowest BCUT2D eigenvalue weighted by atomic mass is 10.3. The first-order valence-corrected chi connectivity index (χ1v) is 6.01. The summed E-state index contributed by atoms with van der Waals surface area (Å²) in [6.07, 6.45) is 0.881. The average molecular weight is 250 g/mol. The summed E-state index contributed by atoms with van der Waals surface area (Å²) in [5, 5.41) is 2.71. The van der Waals surface area contributed by atoms with Gasteiger partial charge in [0.2, 0.25) is 0 Å². The van der Waals surface area contributed by atoms with Gasteiger partial charge in [0.15, 0.2) is 0 Å². The molecule has 0 bridgehead atoms. The van der Waals surface area contributed by atoms with Crippen molar-refractivity contribution in [3.63, 3.8) is 0 Å². The number of hydrogen-bond donors (Lipinski definition) is 1. The largest absolute Gasteiger partial charge is 0.466 e. The van der Waals surface area contributed by atoms with Gasteiger partial charge in [0, 0.05) is 18.7 Å². The van der Waals surface area contributed by atoms with Gasteiger partial charge in [-0.3, -0.25) is 9.59 Å². The van der Waals surface area contributed by atoms with E-state index in [1.54, 1.807) is 19.1 Å². The zero-order chi connectivity index (χ0) is 13.4. The highest BCUT2D eigenvalue weighted by Gasteiger charge is 2.07. The van der Waals surface area contributed by atoms with Gasteiger partial charge in [0.1, 0.15) is 5.69 Å². The van der Waals surface area contributed by atoms with Crippen LogP contribution in [0.3, 0.4) is 0 Å². The molecule has 1 rings (SSSR count). The minimum atomic E-state index is -0.236. The van der Waals surface area contributed by atoms with Crippen molar-refractivity contribution in [1.29, 1.82) is 0 Å². The zero-order valence-electron chi connectivity index (χ0n) is 10.7. The van der Waals surface area contributed by atoms with Gasteiger partial charge in [0.25, 0.3) is 5.91 Å². The molecule has 98 valence electrons. The maximum absolute atomic E-state index is 11.7. The number of amides is 1. The summed E-state index contributed by atoms with van der Waals surface area (Å²) in [5.74, 6) is -0.456. The zero-order valence-corrected chi connectivity index (χ0v) is 10.7. The second kappa shape index (κ2) is 7.42. The molecule has 0 spiro atoms. The van der Waals surface area contributed by atoms with E-state index in [9.17, 15) is 9.59 Å². The molecule has 0 aromatic carbocycles. The van der Waals surface area contributed by atoms with Crippen LogP contribution >= 0.6 is 0 Å². The van der Waals surface area contributed by atoms with Gasteiger partial charge in [-0.15, -0.1) is 0 Å². The molecule has 0 saturated heterocycles. The molecule has 1 amide bonds. The molecule has 0 radical (unpaired) electrons. The fourth-order valence-corrected chi connectivity index (χ4v) is 1.43. The number of pyridine rings is 1. The number of nitrogens with zero attached hydrogens (tertiary/aromatic N) is 1. The third-order valence-electron chi connectivity index (χ3n) is 2.27. The molecule has 18 heavy (non-hydrogen) atoms. The number of esters is 1. The van der Waals surface area contributed by atoms with Gasteiger partial charge in [-0.25, -0.2) is 4.98 Å². The van der Waals surface area contributed by atoms with Crippen LogP contribution in [0.25, 0.3) is 0 Å². The Hall–Kier alpha value is -1.91. The Morgan fingerprint density at radius 1 is 1.39 bits per heavy atom. The third kappa shape index (κ3) is 4.95. The number of carbonyl (C=O) groups is 2. The van der Waals surface area contributed by atoms with Crippen molar-refractivity contribution in [2.75, 3.05) is 13.2 Å². The maximum atomic E-state index is 11.7. The van der Waals surface area contributed by atoms with E-state index in [0.717, 1.165) is 5.69 Å². The Bertz CT molecular complexity index is 418. The van der Waals surface area contributed by atoms with Crippen LogP contribution in [0, 0.1) is 6.92 Å². The summed E-state index contributed by atoms with van der Waals surface area (Å²) in [5.41, 5.74) is 1.19. The molecule has 1 N–H and O–H groups in total. The van der Waals surface area contributed by atoms with Crippen LogP contribution in [0.2, 0.25) is 0 Å². The first kappa shape index (κ1) is 14.2. The monoisotopic (exact) mass is 250 g/mol. The van der Waals surface area contributed by atoms with Gasteiger partial charge >= 0.3 is 5.97 Å². The summed E-state index contributed by atoms with van der Waals surface area (Å²) >= 11 is 0. The highest BCUT2D eigenvalue weighted by atomic mass is 16.5. The van der Waals surface area contributed by atoms with Crippen molar-refractivity contribution in [2.24, 2.45) is 0 Å². The summed E-state index contributed by atoms with van der Waals surface area (Å²) in [4.78, 5) is 26.8. The van der Waals surface area contributed by atoms with E-state index in [-0.39, 0.29) is 11.9 Å². The van der Waals surface area contributed by atoms with Crippen LogP contribution < -0.4 is 5.32 Å². The van der Waals surface area contributed by atoms with Crippen molar-refractivity contribution < 1.29 is 14.3 Å². The number of aryl methyl sites for hydroxylation is 1. The Balaban J connectivity index is 2.27. The molecule has 1 aromatic rings. The summed E-state index contributed by atoms with van der Waals surface area (Å²) < 4.78 is 4.79. The van der Waals surface area contributed by atoms with Crippen LogP contribution in [-0.4, -0.2) is 30.0 Å². The molecule has 0 aliphatic rings. The van der Waals surface area contributed by atoms with Gasteiger partial charge in [-0.05, 0) is 32.4 Å². The van der Waals surface area contributed by atoms with Gasteiger partial charge in [-0.2, -0.15) is 0 Å². The van der Waals surface area contributed by atoms with Crippen molar-refractivity contribution in [1.82, 2.24) is 10.3 Å². The average Bonchev–Trinajstić information content (AvgIpc) is 2.35. The Morgan fingerprint density at radius 2 is 2.17 bits per heavy atom. The number of carbonyl (C=O) groups excluding carboxylic acids is 2. The number of ether oxygens (including phenoxy) is 1. The first-order valence-electron chi connectivity index (χ1n) is 6.01. The molecule has 1 aromatic heterocycles. The smallest absolute Gasteiger partial charge is 0.305 e. The summed E-state index contributed by atoms with van der Waals surface area (Å²) in [6.45, 7) is 4.42. The van der Waals surface area contributed by atoms with Crippen molar-refractivity contribution in [2.45, 2.75) is 26.7 Å². The lowest BCUT2D eigenvalue weighted by molar-refractivity contribution is -0.143. The second-order valence-corrected chi connectivity index (χ2v) is 3.83. The normalized spacial score (nSPS) is 9.89. The quantitative estimate of drug-likeness (QED) is 0.613. The highest BCUT2D eigenvalue weighted by Crippen LogP contribution is 1.98. The fraction of sp³-hybridized carbons (Fsp3) is 0.462. The lowest BCUT2D eigenvalue weighted by Crippen LogP contribution is -2.26. The highest BCUT2D eigenvalue weighted by molar-refractivity contribution is 5.92. The van der Waals surface area contributed by atoms with Crippen molar-refractivity contribution in [3.05, 3.63) is 29.6 Å². The predicted octanol–water partition coefficient (Wildman–Crippen LogP) is 1.46. The van der Waals surface area contributed by atoms with Crippen molar-refractivity contribution >= 4 is 11.9 Å². The number of rotatable bonds is 6. The fourth-order valence-electron chi connectivity index (χ4n) is 1.43. The summed E-state index contributed by atoms with van der Waals surface area (Å²) in [7, 11) is 0. The standard InChI is InChI=1S/C13H18N2O3/c1-3-18-12(16)8-5-9-14-13(17)11-7-4-6-10(2)15-11/h4,6-7H,3,5,8-9H2,1-2H3,(H,14,17). The molecule has 5 heteroatoms. The number of aromatic nitrogens is 1. The molecule has 0 fully saturated rings. The Kier molecular flexibility index (Phi) is 5.84. The summed E-state index contributed by atoms with van der Waals surface area (Å²) in [6, 6.07) is 5.28. The second-order valence-electron chi connectivity index (χ2n) is 3.83. The molecular weight excluding hydrogens is 232 g/mol. The molecule has 0 aliphatic carbocycles. The van der Waals surface area contributed by atoms with E-state index in [0.29, 0.717) is 31.7 Å². The molecular formula is C13H18N2O3. The van der Waals surface area contributed by atoms with Crippen molar-refractivity contribution in [3.8, 4) is 0 Å². The predicted molar refractivity (Wildman–Crippen MR) is 67.2 cm³/mol. The van der Waals surface area contributed by atoms with Crippen LogP contribution in [0.15, 0.2) is 18.2 Å². The molecule has 0 unspecified atom stereocenters. The topological polar surface area (TPSA) is 68.3 Å². The van der Waals surface area contributed by atoms with Crippen LogP contribution in [0.4, 0.5) is 0 Å². The Labute approximate surface area is 107 Å². The maximum Gasteiger partial charge on any atom is 0.305 e. The van der Waals surface area contributed by atoms with Crippen LogP contribution in [0.5, 0.6) is 0 Å². The molecule has 5 nitrogen and oxygen atoms in total. The number of hydrogen-bond acceptors (Lipinski definition) is 4. The molecule has 0 atom stereocenters. The molecule has 1 heterocycles. The minimum Gasteiger partial charge on any atom is -0.466 e. The SMILES string of the molecule is CCOC(=O)CCCNC(=O)c1cccc(C)n1. The molecule has 0 saturated carbocycles. The van der Waals surface area contributed by atoms with Gasteiger partial charge in [-0.1, -0.05) is 6.07 Å². The van der Waals surface area contributed by atoms with E-state index >= 15 is 0 Å². The van der Waals surface area contributed by atoms with Gasteiger partial charge in [0.05, 0.1) is 6.61 Å². The van der Waals surface area contributed by atoms with E-state index in [1.165, 1.54) is 0 Å². The third-order valence-corrected chi connectivity index (χ3v) is 2.27.